The smallest absolute Gasteiger partial charge is 0.321 e. The fourth-order valence-corrected chi connectivity index (χ4v) is 3.18. The van der Waals surface area contributed by atoms with Gasteiger partial charge in [0.25, 0.3) is 5.91 Å². The summed E-state index contributed by atoms with van der Waals surface area (Å²) in [5.74, 6) is -0.864. The summed E-state index contributed by atoms with van der Waals surface area (Å²) in [6.07, 6.45) is 0.639. The van der Waals surface area contributed by atoms with Crippen molar-refractivity contribution in [3.8, 4) is 0 Å². The monoisotopic (exact) mass is 385 g/mol. The van der Waals surface area contributed by atoms with E-state index in [-0.39, 0.29) is 17.5 Å². The molecule has 0 aromatic heterocycles. The molecule has 0 saturated carbocycles. The van der Waals surface area contributed by atoms with Crippen LogP contribution in [0.15, 0.2) is 48.5 Å². The van der Waals surface area contributed by atoms with E-state index in [4.69, 9.17) is 4.74 Å². The van der Waals surface area contributed by atoms with E-state index in [1.54, 1.807) is 29.0 Å². The van der Waals surface area contributed by atoms with Gasteiger partial charge in [-0.25, -0.2) is 9.18 Å². The van der Waals surface area contributed by atoms with Gasteiger partial charge in [0.15, 0.2) is 0 Å². The molecule has 0 radical (unpaired) electrons. The lowest BCUT2D eigenvalue weighted by Gasteiger charge is -2.22. The van der Waals surface area contributed by atoms with Crippen molar-refractivity contribution in [3.05, 3.63) is 65.5 Å². The first-order valence-corrected chi connectivity index (χ1v) is 9.26. The molecule has 1 aliphatic rings. The van der Waals surface area contributed by atoms with Crippen LogP contribution in [0, 0.1) is 5.82 Å². The lowest BCUT2D eigenvalue weighted by molar-refractivity contribution is 0.0758. The Kier molecular flexibility index (Phi) is 6.60. The molecule has 1 fully saturated rings. The number of hydrogen-bond acceptors (Lipinski definition) is 3. The van der Waals surface area contributed by atoms with E-state index in [1.165, 1.54) is 12.1 Å². The van der Waals surface area contributed by atoms with Crippen molar-refractivity contribution in [2.75, 3.05) is 38.6 Å². The predicted octanol–water partition coefficient (Wildman–Crippen LogP) is 3.35. The molecular weight excluding hydrogens is 361 g/mol. The Bertz CT molecular complexity index is 826. The Morgan fingerprint density at radius 1 is 1.00 bits per heavy atom. The molecule has 1 heterocycles. The predicted molar refractivity (Wildman–Crippen MR) is 105 cm³/mol. The number of urea groups is 1. The van der Waals surface area contributed by atoms with Crippen LogP contribution in [-0.2, 0) is 11.3 Å². The number of carbonyl (C=O) groups excluding carboxylic acids is 2. The van der Waals surface area contributed by atoms with Gasteiger partial charge < -0.3 is 19.9 Å². The number of halogens is 1. The number of amides is 3. The summed E-state index contributed by atoms with van der Waals surface area (Å²) in [5.41, 5.74) is 1.79. The van der Waals surface area contributed by atoms with Crippen LogP contribution >= 0.6 is 0 Å². The van der Waals surface area contributed by atoms with E-state index >= 15 is 0 Å². The molecule has 2 aromatic carbocycles. The molecule has 3 amide bonds. The number of nitrogens with one attached hydrogen (secondary N) is 1. The number of anilines is 1. The summed E-state index contributed by atoms with van der Waals surface area (Å²) in [5, 5.41) is 2.88. The van der Waals surface area contributed by atoms with Crippen LogP contribution in [0.2, 0.25) is 0 Å². The van der Waals surface area contributed by atoms with E-state index in [1.807, 2.05) is 24.3 Å². The summed E-state index contributed by atoms with van der Waals surface area (Å²) >= 11 is 0. The average molecular weight is 385 g/mol. The Balaban J connectivity index is 1.57. The van der Waals surface area contributed by atoms with Gasteiger partial charge in [-0.2, -0.15) is 0 Å². The zero-order chi connectivity index (χ0) is 19.9. The summed E-state index contributed by atoms with van der Waals surface area (Å²) in [7, 11) is 1.63. The molecule has 0 unspecified atom stereocenters. The van der Waals surface area contributed by atoms with Crippen LogP contribution in [-0.4, -0.2) is 55.0 Å². The average Bonchev–Trinajstić information content (AvgIpc) is 2.96. The van der Waals surface area contributed by atoms with Crippen LogP contribution in [0.25, 0.3) is 0 Å². The molecule has 0 atom stereocenters. The Hall–Kier alpha value is -2.93. The molecule has 0 spiro atoms. The molecule has 0 aliphatic carbocycles. The van der Waals surface area contributed by atoms with Crippen molar-refractivity contribution in [1.82, 2.24) is 9.80 Å². The second-order valence-corrected chi connectivity index (χ2v) is 6.67. The van der Waals surface area contributed by atoms with Crippen molar-refractivity contribution in [1.29, 1.82) is 0 Å². The summed E-state index contributed by atoms with van der Waals surface area (Å²) < 4.78 is 19.0. The number of hydrogen-bond donors (Lipinski definition) is 1. The van der Waals surface area contributed by atoms with Crippen molar-refractivity contribution in [2.24, 2.45) is 0 Å². The Morgan fingerprint density at radius 2 is 1.68 bits per heavy atom. The Morgan fingerprint density at radius 3 is 2.39 bits per heavy atom. The molecule has 3 rings (SSSR count). The third-order valence-corrected chi connectivity index (χ3v) is 4.69. The molecule has 6 nitrogen and oxygen atoms in total. The number of benzene rings is 2. The quantitative estimate of drug-likeness (QED) is 0.878. The van der Waals surface area contributed by atoms with Gasteiger partial charge in [0, 0.05) is 39.0 Å². The molecule has 28 heavy (non-hydrogen) atoms. The highest BCUT2D eigenvalue weighted by Crippen LogP contribution is 2.15. The van der Waals surface area contributed by atoms with E-state index in [0.29, 0.717) is 44.9 Å². The highest BCUT2D eigenvalue weighted by molar-refractivity contribution is 5.94. The lowest BCUT2D eigenvalue weighted by atomic mass is 10.2. The molecule has 1 aliphatic heterocycles. The Labute approximate surface area is 163 Å². The minimum atomic E-state index is -0.525. The third kappa shape index (κ3) is 4.86. The van der Waals surface area contributed by atoms with Gasteiger partial charge in [-0.05, 0) is 36.2 Å². The number of ether oxygens (including phenoxy) is 1. The molecule has 1 saturated heterocycles. The maximum atomic E-state index is 13.9. The van der Waals surface area contributed by atoms with Crippen LogP contribution in [0.1, 0.15) is 22.3 Å². The summed E-state index contributed by atoms with van der Waals surface area (Å²) in [6.45, 7) is 2.31. The first kappa shape index (κ1) is 19.8. The van der Waals surface area contributed by atoms with Gasteiger partial charge in [-0.1, -0.05) is 24.3 Å². The number of carbonyl (C=O) groups is 2. The van der Waals surface area contributed by atoms with Crippen LogP contribution in [0.3, 0.4) is 0 Å². The van der Waals surface area contributed by atoms with Crippen molar-refractivity contribution < 1.29 is 18.7 Å². The number of methoxy groups -OCH3 is 1. The SMILES string of the molecule is COCc1ccc(NC(=O)N2CCCN(C(=O)c3ccccc3F)CC2)cc1. The molecular formula is C21H24FN3O3. The second kappa shape index (κ2) is 9.32. The van der Waals surface area contributed by atoms with E-state index in [0.717, 1.165) is 5.56 Å². The van der Waals surface area contributed by atoms with Crippen LogP contribution in [0.4, 0.5) is 14.9 Å². The normalized spacial score (nSPS) is 14.5. The zero-order valence-electron chi connectivity index (χ0n) is 15.9. The highest BCUT2D eigenvalue weighted by atomic mass is 19.1. The van der Waals surface area contributed by atoms with Gasteiger partial charge in [-0.15, -0.1) is 0 Å². The van der Waals surface area contributed by atoms with Gasteiger partial charge in [0.2, 0.25) is 0 Å². The summed E-state index contributed by atoms with van der Waals surface area (Å²) in [4.78, 5) is 28.4. The van der Waals surface area contributed by atoms with Crippen LogP contribution < -0.4 is 5.32 Å². The van der Waals surface area contributed by atoms with E-state index in [2.05, 4.69) is 5.32 Å². The first-order chi connectivity index (χ1) is 13.6. The lowest BCUT2D eigenvalue weighted by Crippen LogP contribution is -2.39. The van der Waals surface area contributed by atoms with E-state index in [9.17, 15) is 14.0 Å². The van der Waals surface area contributed by atoms with Gasteiger partial charge in [0.05, 0.1) is 12.2 Å². The fraction of sp³-hybridized carbons (Fsp3) is 0.333. The summed E-state index contributed by atoms with van der Waals surface area (Å²) in [6, 6.07) is 13.2. The fourth-order valence-electron chi connectivity index (χ4n) is 3.18. The van der Waals surface area contributed by atoms with Gasteiger partial charge in [-0.3, -0.25) is 4.79 Å². The molecule has 2 aromatic rings. The minimum Gasteiger partial charge on any atom is -0.380 e. The first-order valence-electron chi connectivity index (χ1n) is 9.26. The third-order valence-electron chi connectivity index (χ3n) is 4.69. The van der Waals surface area contributed by atoms with Crippen molar-refractivity contribution >= 4 is 17.6 Å². The number of nitrogens with zero attached hydrogens (tertiary/aromatic N) is 2. The largest absolute Gasteiger partial charge is 0.380 e. The highest BCUT2D eigenvalue weighted by Gasteiger charge is 2.24. The van der Waals surface area contributed by atoms with E-state index < -0.39 is 5.82 Å². The topological polar surface area (TPSA) is 61.9 Å². The van der Waals surface area contributed by atoms with Crippen molar-refractivity contribution in [3.63, 3.8) is 0 Å². The number of rotatable bonds is 4. The second-order valence-electron chi connectivity index (χ2n) is 6.67. The minimum absolute atomic E-state index is 0.0663. The van der Waals surface area contributed by atoms with Crippen molar-refractivity contribution in [2.45, 2.75) is 13.0 Å². The standard InChI is InChI=1S/C21H24FN3O3/c1-28-15-16-7-9-17(10-8-16)23-21(27)25-12-4-11-24(13-14-25)20(26)18-5-2-3-6-19(18)22/h2-3,5-10H,4,11-15H2,1H3,(H,23,27). The molecule has 0 bridgehead atoms. The van der Waals surface area contributed by atoms with Gasteiger partial charge in [0.1, 0.15) is 5.82 Å². The maximum Gasteiger partial charge on any atom is 0.321 e. The molecule has 7 heteroatoms. The van der Waals surface area contributed by atoms with Crippen LogP contribution in [0.5, 0.6) is 0 Å². The molecule has 1 N–H and O–H groups in total. The van der Waals surface area contributed by atoms with Gasteiger partial charge >= 0.3 is 6.03 Å². The maximum absolute atomic E-state index is 13.9. The molecule has 148 valence electrons. The zero-order valence-corrected chi connectivity index (χ0v) is 15.9.